The third-order valence-corrected chi connectivity index (χ3v) is 3.29. The number of thiocarbonyl (C=S) groups is 1. The summed E-state index contributed by atoms with van der Waals surface area (Å²) in [7, 11) is 1.80. The Kier molecular flexibility index (Phi) is 3.43. The van der Waals surface area contributed by atoms with E-state index in [9.17, 15) is 4.79 Å². The van der Waals surface area contributed by atoms with E-state index in [0.717, 1.165) is 11.3 Å². The van der Waals surface area contributed by atoms with Crippen molar-refractivity contribution in [1.29, 1.82) is 0 Å². The minimum absolute atomic E-state index is 0.160. The summed E-state index contributed by atoms with van der Waals surface area (Å²) in [6.07, 6.45) is 3.02. The van der Waals surface area contributed by atoms with Crippen molar-refractivity contribution in [3.63, 3.8) is 0 Å². The second kappa shape index (κ2) is 4.84. The van der Waals surface area contributed by atoms with Gasteiger partial charge in [-0.05, 0) is 30.9 Å². The van der Waals surface area contributed by atoms with Crippen LogP contribution in [0.2, 0.25) is 0 Å². The SMILES string of the molecule is CN(C(=O)CC1CC1)c1cccc(C(N)=S)c1. The van der Waals surface area contributed by atoms with Gasteiger partial charge in [0.1, 0.15) is 4.99 Å². The van der Waals surface area contributed by atoms with Gasteiger partial charge in [-0.3, -0.25) is 4.79 Å². The lowest BCUT2D eigenvalue weighted by Gasteiger charge is -2.18. The Morgan fingerprint density at radius 1 is 1.53 bits per heavy atom. The van der Waals surface area contributed by atoms with Crippen molar-refractivity contribution in [2.45, 2.75) is 19.3 Å². The lowest BCUT2D eigenvalue weighted by atomic mass is 10.1. The van der Waals surface area contributed by atoms with Crippen LogP contribution < -0.4 is 10.6 Å². The zero-order chi connectivity index (χ0) is 12.4. The average Bonchev–Trinajstić information content (AvgIpc) is 3.12. The number of amides is 1. The standard InChI is InChI=1S/C13H16N2OS/c1-15(12(16)7-9-5-6-9)11-4-2-3-10(8-11)13(14)17/h2-4,8-9H,5-7H2,1H3,(H2,14,17). The van der Waals surface area contributed by atoms with E-state index in [2.05, 4.69) is 0 Å². The van der Waals surface area contributed by atoms with Crippen LogP contribution in [0.15, 0.2) is 24.3 Å². The van der Waals surface area contributed by atoms with Gasteiger partial charge >= 0.3 is 0 Å². The van der Waals surface area contributed by atoms with Gasteiger partial charge in [0.25, 0.3) is 0 Å². The molecule has 3 nitrogen and oxygen atoms in total. The summed E-state index contributed by atoms with van der Waals surface area (Å²) < 4.78 is 0. The number of nitrogens with two attached hydrogens (primary N) is 1. The van der Waals surface area contributed by atoms with Gasteiger partial charge in [-0.25, -0.2) is 0 Å². The summed E-state index contributed by atoms with van der Waals surface area (Å²) in [6.45, 7) is 0. The molecular formula is C13H16N2OS. The molecule has 0 spiro atoms. The van der Waals surface area contributed by atoms with E-state index in [-0.39, 0.29) is 5.91 Å². The number of anilines is 1. The molecule has 1 aliphatic carbocycles. The van der Waals surface area contributed by atoms with Crippen LogP contribution in [-0.2, 0) is 4.79 Å². The van der Waals surface area contributed by atoms with Crippen LogP contribution in [0.3, 0.4) is 0 Å². The quantitative estimate of drug-likeness (QED) is 0.830. The number of nitrogens with zero attached hydrogens (tertiary/aromatic N) is 1. The summed E-state index contributed by atoms with van der Waals surface area (Å²) >= 11 is 4.93. The fourth-order valence-corrected chi connectivity index (χ4v) is 1.84. The molecule has 90 valence electrons. The predicted octanol–water partition coefficient (Wildman–Crippen LogP) is 2.08. The minimum Gasteiger partial charge on any atom is -0.389 e. The second-order valence-electron chi connectivity index (χ2n) is 4.51. The highest BCUT2D eigenvalue weighted by atomic mass is 32.1. The highest BCUT2D eigenvalue weighted by Gasteiger charge is 2.26. The normalized spacial score (nSPS) is 14.4. The number of rotatable bonds is 4. The monoisotopic (exact) mass is 248 g/mol. The molecule has 4 heteroatoms. The number of benzene rings is 1. The highest BCUT2D eigenvalue weighted by Crippen LogP contribution is 2.33. The highest BCUT2D eigenvalue weighted by molar-refractivity contribution is 7.80. The van der Waals surface area contributed by atoms with E-state index >= 15 is 0 Å². The zero-order valence-corrected chi connectivity index (χ0v) is 10.7. The van der Waals surface area contributed by atoms with Gasteiger partial charge in [-0.2, -0.15) is 0 Å². The predicted molar refractivity (Wildman–Crippen MR) is 73.1 cm³/mol. The number of hydrogen-bond donors (Lipinski definition) is 1. The molecule has 1 fully saturated rings. The van der Waals surface area contributed by atoms with Crippen molar-refractivity contribution >= 4 is 28.8 Å². The third kappa shape index (κ3) is 3.03. The molecule has 1 amide bonds. The van der Waals surface area contributed by atoms with Crippen LogP contribution in [0, 0.1) is 5.92 Å². The first kappa shape index (κ1) is 12.0. The van der Waals surface area contributed by atoms with E-state index in [4.69, 9.17) is 18.0 Å². The first-order chi connectivity index (χ1) is 8.08. The van der Waals surface area contributed by atoms with E-state index in [1.807, 2.05) is 24.3 Å². The Bertz CT molecular complexity index is 454. The second-order valence-corrected chi connectivity index (χ2v) is 4.95. The largest absolute Gasteiger partial charge is 0.389 e. The smallest absolute Gasteiger partial charge is 0.226 e. The molecule has 0 unspecified atom stereocenters. The molecule has 2 N–H and O–H groups in total. The van der Waals surface area contributed by atoms with Crippen molar-refractivity contribution in [1.82, 2.24) is 0 Å². The molecule has 0 radical (unpaired) electrons. The van der Waals surface area contributed by atoms with Crippen molar-refractivity contribution < 1.29 is 4.79 Å². The lowest BCUT2D eigenvalue weighted by molar-refractivity contribution is -0.118. The van der Waals surface area contributed by atoms with Crippen LogP contribution in [0.4, 0.5) is 5.69 Å². The summed E-state index contributed by atoms with van der Waals surface area (Å²) in [4.78, 5) is 14.0. The average molecular weight is 248 g/mol. The van der Waals surface area contributed by atoms with Gasteiger partial charge in [0.05, 0.1) is 0 Å². The summed E-state index contributed by atoms with van der Waals surface area (Å²) in [5.74, 6) is 0.760. The van der Waals surface area contributed by atoms with E-state index in [1.165, 1.54) is 12.8 Å². The molecule has 1 aromatic rings. The Morgan fingerprint density at radius 2 is 2.24 bits per heavy atom. The summed E-state index contributed by atoms with van der Waals surface area (Å²) in [5, 5.41) is 0. The number of carbonyl (C=O) groups is 1. The molecule has 1 saturated carbocycles. The summed E-state index contributed by atoms with van der Waals surface area (Å²) in [6, 6.07) is 7.47. The van der Waals surface area contributed by atoms with E-state index in [0.29, 0.717) is 17.3 Å². The first-order valence-electron chi connectivity index (χ1n) is 5.74. The van der Waals surface area contributed by atoms with Gasteiger partial charge in [0.2, 0.25) is 5.91 Å². The molecule has 0 atom stereocenters. The van der Waals surface area contributed by atoms with Crippen LogP contribution in [0.1, 0.15) is 24.8 Å². The topological polar surface area (TPSA) is 46.3 Å². The van der Waals surface area contributed by atoms with Crippen LogP contribution in [0.25, 0.3) is 0 Å². The Hall–Kier alpha value is -1.42. The molecule has 0 aromatic heterocycles. The molecule has 0 bridgehead atoms. The van der Waals surface area contributed by atoms with Crippen molar-refractivity contribution in [3.8, 4) is 0 Å². The van der Waals surface area contributed by atoms with Crippen molar-refractivity contribution in [2.75, 3.05) is 11.9 Å². The number of hydrogen-bond acceptors (Lipinski definition) is 2. The minimum atomic E-state index is 0.160. The van der Waals surface area contributed by atoms with E-state index < -0.39 is 0 Å². The van der Waals surface area contributed by atoms with Crippen molar-refractivity contribution in [2.24, 2.45) is 11.7 Å². The fraction of sp³-hybridized carbons (Fsp3) is 0.385. The fourth-order valence-electron chi connectivity index (χ4n) is 1.72. The van der Waals surface area contributed by atoms with Gasteiger partial charge < -0.3 is 10.6 Å². The van der Waals surface area contributed by atoms with Gasteiger partial charge in [0, 0.05) is 24.7 Å². The maximum atomic E-state index is 11.9. The third-order valence-electron chi connectivity index (χ3n) is 3.05. The lowest BCUT2D eigenvalue weighted by Crippen LogP contribution is -2.26. The Balaban J connectivity index is 2.11. The molecule has 0 saturated heterocycles. The van der Waals surface area contributed by atoms with Crippen molar-refractivity contribution in [3.05, 3.63) is 29.8 Å². The van der Waals surface area contributed by atoms with Gasteiger partial charge in [-0.1, -0.05) is 24.4 Å². The molecule has 0 aliphatic heterocycles. The Morgan fingerprint density at radius 3 is 2.82 bits per heavy atom. The van der Waals surface area contributed by atoms with Gasteiger partial charge in [0.15, 0.2) is 0 Å². The molecule has 1 aliphatic rings. The van der Waals surface area contributed by atoms with Gasteiger partial charge in [-0.15, -0.1) is 0 Å². The maximum absolute atomic E-state index is 11.9. The first-order valence-corrected chi connectivity index (χ1v) is 6.15. The zero-order valence-electron chi connectivity index (χ0n) is 9.85. The van der Waals surface area contributed by atoms with Crippen LogP contribution in [0.5, 0.6) is 0 Å². The summed E-state index contributed by atoms with van der Waals surface area (Å²) in [5.41, 5.74) is 7.22. The Labute approximate surface area is 107 Å². The number of carbonyl (C=O) groups excluding carboxylic acids is 1. The molecule has 2 rings (SSSR count). The van der Waals surface area contributed by atoms with Crippen LogP contribution >= 0.6 is 12.2 Å². The molecule has 17 heavy (non-hydrogen) atoms. The molecular weight excluding hydrogens is 232 g/mol. The molecule has 0 heterocycles. The van der Waals surface area contributed by atoms with E-state index in [1.54, 1.807) is 11.9 Å². The maximum Gasteiger partial charge on any atom is 0.226 e. The van der Waals surface area contributed by atoms with Crippen LogP contribution in [-0.4, -0.2) is 17.9 Å². The molecule has 1 aromatic carbocycles.